The molecule has 0 fully saturated rings. The molecule has 6 heteroatoms. The predicted octanol–water partition coefficient (Wildman–Crippen LogP) is 5.24. The van der Waals surface area contributed by atoms with Crippen molar-refractivity contribution >= 4 is 34.3 Å². The van der Waals surface area contributed by atoms with E-state index in [1.165, 1.54) is 0 Å². The van der Waals surface area contributed by atoms with E-state index in [-0.39, 0.29) is 11.6 Å². The summed E-state index contributed by atoms with van der Waals surface area (Å²) in [4.78, 5) is 20.3. The van der Waals surface area contributed by atoms with Crippen molar-refractivity contribution in [2.75, 3.05) is 10.6 Å². The molecule has 1 aromatic heterocycles. The highest BCUT2D eigenvalue weighted by Gasteiger charge is 2.12. The number of anilines is 3. The molecular formula is C23H20N4O2. The Kier molecular flexibility index (Phi) is 5.07. The van der Waals surface area contributed by atoms with Gasteiger partial charge in [-0.25, -0.2) is 9.78 Å². The zero-order chi connectivity index (χ0) is 20.2. The number of carboxylic acid groups (broad SMARTS) is 1. The van der Waals surface area contributed by atoms with Gasteiger partial charge in [0, 0.05) is 17.1 Å². The zero-order valence-electron chi connectivity index (χ0n) is 15.8. The minimum atomic E-state index is -0.958. The Hall–Kier alpha value is -3.93. The van der Waals surface area contributed by atoms with Gasteiger partial charge < -0.3 is 15.7 Å². The number of aromatic carboxylic acids is 1. The third kappa shape index (κ3) is 4.16. The quantitative estimate of drug-likeness (QED) is 0.421. The van der Waals surface area contributed by atoms with Crippen LogP contribution in [0.2, 0.25) is 0 Å². The fraction of sp³-hybridized carbons (Fsp3) is 0.0870. The Morgan fingerprint density at radius 1 is 0.897 bits per heavy atom. The molecule has 0 aliphatic heterocycles. The number of aromatic nitrogens is 2. The highest BCUT2D eigenvalue weighted by molar-refractivity contribution is 5.91. The summed E-state index contributed by atoms with van der Waals surface area (Å²) in [7, 11) is 0. The van der Waals surface area contributed by atoms with Gasteiger partial charge in [-0.05, 0) is 48.9 Å². The summed E-state index contributed by atoms with van der Waals surface area (Å²) in [5.41, 5.74) is 2.92. The van der Waals surface area contributed by atoms with Gasteiger partial charge >= 0.3 is 5.97 Å². The fourth-order valence-electron chi connectivity index (χ4n) is 3.10. The molecule has 0 saturated carbocycles. The fourth-order valence-corrected chi connectivity index (χ4v) is 3.10. The first-order chi connectivity index (χ1) is 14.1. The molecule has 3 aromatic carbocycles. The van der Waals surface area contributed by atoms with E-state index in [4.69, 9.17) is 5.11 Å². The van der Waals surface area contributed by atoms with E-state index in [9.17, 15) is 4.79 Å². The maximum Gasteiger partial charge on any atom is 0.335 e. The summed E-state index contributed by atoms with van der Waals surface area (Å²) >= 11 is 0. The van der Waals surface area contributed by atoms with Crippen molar-refractivity contribution in [3.63, 3.8) is 0 Å². The van der Waals surface area contributed by atoms with E-state index in [1.807, 2.05) is 42.5 Å². The number of nitrogens with zero attached hydrogens (tertiary/aromatic N) is 2. The van der Waals surface area contributed by atoms with Gasteiger partial charge in [-0.2, -0.15) is 4.98 Å². The van der Waals surface area contributed by atoms with Crippen LogP contribution >= 0.6 is 0 Å². The molecular weight excluding hydrogens is 364 g/mol. The molecule has 4 rings (SSSR count). The van der Waals surface area contributed by atoms with E-state index in [1.54, 1.807) is 24.3 Å². The Balaban J connectivity index is 1.66. The van der Waals surface area contributed by atoms with Crippen LogP contribution in [0.25, 0.3) is 10.9 Å². The van der Waals surface area contributed by atoms with E-state index >= 15 is 0 Å². The molecule has 0 aliphatic rings. The second-order valence-electron chi connectivity index (χ2n) is 6.70. The van der Waals surface area contributed by atoms with Gasteiger partial charge in [-0.3, -0.25) is 0 Å². The molecule has 0 radical (unpaired) electrons. The Morgan fingerprint density at radius 2 is 1.59 bits per heavy atom. The molecule has 4 aromatic rings. The average Bonchev–Trinajstić information content (AvgIpc) is 2.75. The molecule has 0 aliphatic carbocycles. The van der Waals surface area contributed by atoms with Crippen LogP contribution in [0.3, 0.4) is 0 Å². The molecule has 0 bridgehead atoms. The molecule has 144 valence electrons. The third-order valence-corrected chi connectivity index (χ3v) is 4.64. The van der Waals surface area contributed by atoms with Crippen LogP contribution in [0.5, 0.6) is 0 Å². The lowest BCUT2D eigenvalue weighted by Crippen LogP contribution is -2.10. The predicted molar refractivity (Wildman–Crippen MR) is 115 cm³/mol. The minimum absolute atomic E-state index is 0.0669. The summed E-state index contributed by atoms with van der Waals surface area (Å²) in [5, 5.41) is 16.6. The van der Waals surface area contributed by atoms with Crippen LogP contribution in [0.4, 0.5) is 17.5 Å². The summed E-state index contributed by atoms with van der Waals surface area (Å²) < 4.78 is 0. The monoisotopic (exact) mass is 384 g/mol. The molecule has 0 amide bonds. The van der Waals surface area contributed by atoms with Crippen LogP contribution in [-0.4, -0.2) is 21.0 Å². The summed E-state index contributed by atoms with van der Waals surface area (Å²) in [5.74, 6) is 0.214. The minimum Gasteiger partial charge on any atom is -0.478 e. The van der Waals surface area contributed by atoms with E-state index in [0.717, 1.165) is 22.3 Å². The number of para-hydroxylation sites is 1. The van der Waals surface area contributed by atoms with E-state index in [0.29, 0.717) is 11.6 Å². The number of hydrogen-bond donors (Lipinski definition) is 3. The zero-order valence-corrected chi connectivity index (χ0v) is 15.8. The Labute approximate surface area is 168 Å². The highest BCUT2D eigenvalue weighted by Crippen LogP contribution is 2.27. The number of nitrogens with one attached hydrogen (secondary N) is 2. The van der Waals surface area contributed by atoms with Crippen molar-refractivity contribution in [2.45, 2.75) is 13.0 Å². The van der Waals surface area contributed by atoms with Gasteiger partial charge in [0.25, 0.3) is 0 Å². The van der Waals surface area contributed by atoms with Crippen LogP contribution in [0.15, 0.2) is 78.9 Å². The summed E-state index contributed by atoms with van der Waals surface area (Å²) in [6.07, 6.45) is 0. The summed E-state index contributed by atoms with van der Waals surface area (Å²) in [6, 6.07) is 24.5. The second-order valence-corrected chi connectivity index (χ2v) is 6.70. The SMILES string of the molecule is CC(Nc1nc(Nc2ccc(C(=O)O)cc2)nc2ccccc12)c1ccccc1. The standard InChI is InChI=1S/C23H20N4O2/c1-15(16-7-3-2-4-8-16)24-21-19-9-5-6-10-20(19)26-23(27-21)25-18-13-11-17(12-14-18)22(28)29/h2-15H,1H3,(H,28,29)(H2,24,25,26,27). The van der Waals surface area contributed by atoms with Crippen molar-refractivity contribution in [2.24, 2.45) is 0 Å². The van der Waals surface area contributed by atoms with Gasteiger partial charge in [0.2, 0.25) is 5.95 Å². The number of rotatable bonds is 6. The second kappa shape index (κ2) is 7.98. The smallest absolute Gasteiger partial charge is 0.335 e. The van der Waals surface area contributed by atoms with Crippen molar-refractivity contribution in [3.05, 3.63) is 90.0 Å². The van der Waals surface area contributed by atoms with Crippen LogP contribution in [0, 0.1) is 0 Å². The van der Waals surface area contributed by atoms with E-state index < -0.39 is 5.97 Å². The highest BCUT2D eigenvalue weighted by atomic mass is 16.4. The average molecular weight is 384 g/mol. The molecule has 6 nitrogen and oxygen atoms in total. The van der Waals surface area contributed by atoms with Crippen molar-refractivity contribution < 1.29 is 9.90 Å². The first kappa shape index (κ1) is 18.4. The van der Waals surface area contributed by atoms with Gasteiger partial charge in [0.05, 0.1) is 11.1 Å². The molecule has 1 atom stereocenters. The summed E-state index contributed by atoms with van der Waals surface area (Å²) in [6.45, 7) is 2.09. The lowest BCUT2D eigenvalue weighted by atomic mass is 10.1. The maximum atomic E-state index is 11.0. The van der Waals surface area contributed by atoms with E-state index in [2.05, 4.69) is 39.7 Å². The number of fused-ring (bicyclic) bond motifs is 1. The molecule has 1 unspecified atom stereocenters. The normalized spacial score (nSPS) is 11.8. The number of benzene rings is 3. The van der Waals surface area contributed by atoms with Gasteiger partial charge in [-0.15, -0.1) is 0 Å². The first-order valence-corrected chi connectivity index (χ1v) is 9.29. The van der Waals surface area contributed by atoms with Gasteiger partial charge in [0.1, 0.15) is 5.82 Å². The van der Waals surface area contributed by atoms with Gasteiger partial charge in [-0.1, -0.05) is 42.5 Å². The van der Waals surface area contributed by atoms with Crippen molar-refractivity contribution in [1.82, 2.24) is 9.97 Å². The van der Waals surface area contributed by atoms with Gasteiger partial charge in [0.15, 0.2) is 0 Å². The molecule has 1 heterocycles. The lowest BCUT2D eigenvalue weighted by molar-refractivity contribution is 0.0697. The molecule has 3 N–H and O–H groups in total. The maximum absolute atomic E-state index is 11.0. The number of carboxylic acids is 1. The van der Waals surface area contributed by atoms with Crippen LogP contribution < -0.4 is 10.6 Å². The molecule has 0 spiro atoms. The number of hydrogen-bond acceptors (Lipinski definition) is 5. The van der Waals surface area contributed by atoms with Crippen molar-refractivity contribution in [1.29, 1.82) is 0 Å². The Bertz CT molecular complexity index is 1140. The van der Waals surface area contributed by atoms with Crippen molar-refractivity contribution in [3.8, 4) is 0 Å². The first-order valence-electron chi connectivity index (χ1n) is 9.29. The van der Waals surface area contributed by atoms with Crippen LogP contribution in [-0.2, 0) is 0 Å². The number of carbonyl (C=O) groups is 1. The Morgan fingerprint density at radius 3 is 2.31 bits per heavy atom. The molecule has 29 heavy (non-hydrogen) atoms. The largest absolute Gasteiger partial charge is 0.478 e. The van der Waals surface area contributed by atoms with Crippen LogP contribution in [0.1, 0.15) is 28.9 Å². The topological polar surface area (TPSA) is 87.1 Å². The lowest BCUT2D eigenvalue weighted by Gasteiger charge is -2.17. The third-order valence-electron chi connectivity index (χ3n) is 4.64. The molecule has 0 saturated heterocycles.